The fourth-order valence-electron chi connectivity index (χ4n) is 0.987. The summed E-state index contributed by atoms with van der Waals surface area (Å²) < 4.78 is 0. The number of amides is 1. The Kier molecular flexibility index (Phi) is 11.7. The minimum atomic E-state index is -0.400. The number of carbonyl (C=O) groups is 1. The molecule has 0 saturated carbocycles. The molecule has 0 radical (unpaired) electrons. The number of hydrogen-bond acceptors (Lipinski definition) is 2. The zero-order valence-electron chi connectivity index (χ0n) is 8.66. The molecular formula is C9H19ClN4O. The molecule has 0 aliphatic rings. The predicted molar refractivity (Wildman–Crippen MR) is 64.0 cm³/mol. The number of unbranched alkanes of at least 4 members (excludes halogenated alkanes) is 3. The summed E-state index contributed by atoms with van der Waals surface area (Å²) in [5.41, 5.74) is 10.0. The molecule has 0 heterocycles. The number of halogens is 1. The molecule has 0 rings (SSSR count). The monoisotopic (exact) mass is 234 g/mol. The van der Waals surface area contributed by atoms with Crippen LogP contribution in [0.25, 0.3) is 0 Å². The van der Waals surface area contributed by atoms with Crippen molar-refractivity contribution in [1.29, 1.82) is 5.41 Å². The van der Waals surface area contributed by atoms with Gasteiger partial charge in [-0.15, -0.1) is 12.4 Å². The van der Waals surface area contributed by atoms with Crippen LogP contribution in [0, 0.1) is 5.41 Å². The highest BCUT2D eigenvalue weighted by molar-refractivity contribution is 5.85. The molecule has 88 valence electrons. The third-order valence-corrected chi connectivity index (χ3v) is 1.65. The molecule has 0 aromatic carbocycles. The van der Waals surface area contributed by atoms with E-state index in [9.17, 15) is 4.79 Å². The molecule has 0 saturated heterocycles. The number of nitrogens with one attached hydrogen (secondary N) is 2. The molecule has 6 heteroatoms. The van der Waals surface area contributed by atoms with Gasteiger partial charge in [0.25, 0.3) is 0 Å². The molecule has 0 fully saturated rings. The van der Waals surface area contributed by atoms with E-state index in [0.717, 1.165) is 32.2 Å². The quantitative estimate of drug-likeness (QED) is 0.223. The first kappa shape index (κ1) is 16.2. The second kappa shape index (κ2) is 10.8. The highest BCUT2D eigenvalue weighted by Crippen LogP contribution is 1.99. The van der Waals surface area contributed by atoms with Crippen LogP contribution in [0.2, 0.25) is 0 Å². The van der Waals surface area contributed by atoms with Gasteiger partial charge in [0, 0.05) is 6.54 Å². The zero-order chi connectivity index (χ0) is 10.8. The lowest BCUT2D eigenvalue weighted by atomic mass is 10.2. The van der Waals surface area contributed by atoms with Crippen LogP contribution < -0.4 is 16.8 Å². The topological polar surface area (TPSA) is 105 Å². The molecule has 5 nitrogen and oxygen atoms in total. The van der Waals surface area contributed by atoms with E-state index in [0.29, 0.717) is 0 Å². The second-order valence-corrected chi connectivity index (χ2v) is 2.99. The molecule has 0 aliphatic heterocycles. The summed E-state index contributed by atoms with van der Waals surface area (Å²) in [6, 6.07) is 0. The van der Waals surface area contributed by atoms with Gasteiger partial charge in [0.05, 0.1) is 0 Å². The highest BCUT2D eigenvalue weighted by atomic mass is 35.5. The fourth-order valence-corrected chi connectivity index (χ4v) is 0.987. The van der Waals surface area contributed by atoms with E-state index >= 15 is 0 Å². The summed E-state index contributed by atoms with van der Waals surface area (Å²) in [5.74, 6) is -0.387. The van der Waals surface area contributed by atoms with Crippen molar-refractivity contribution in [3.63, 3.8) is 0 Å². The molecule has 0 bridgehead atoms. The molecule has 1 amide bonds. The number of primary amides is 1. The van der Waals surface area contributed by atoms with E-state index in [1.54, 1.807) is 6.08 Å². The lowest BCUT2D eigenvalue weighted by Gasteiger charge is -2.01. The van der Waals surface area contributed by atoms with Crippen molar-refractivity contribution < 1.29 is 4.79 Å². The van der Waals surface area contributed by atoms with Crippen molar-refractivity contribution in [2.24, 2.45) is 11.5 Å². The number of allylic oxidation sites excluding steroid dienone is 1. The molecule has 15 heavy (non-hydrogen) atoms. The lowest BCUT2D eigenvalue weighted by molar-refractivity contribution is -0.113. The SMILES string of the molecule is Cl.N=C(N)NCCCCC/C=C/C(N)=O. The van der Waals surface area contributed by atoms with E-state index in [4.69, 9.17) is 16.9 Å². The van der Waals surface area contributed by atoms with Crippen molar-refractivity contribution in [2.75, 3.05) is 6.54 Å². The van der Waals surface area contributed by atoms with Crippen LogP contribution in [-0.2, 0) is 4.79 Å². The van der Waals surface area contributed by atoms with Gasteiger partial charge in [-0.1, -0.05) is 12.5 Å². The molecule has 0 unspecified atom stereocenters. The third kappa shape index (κ3) is 15.5. The Morgan fingerprint density at radius 2 is 1.93 bits per heavy atom. The highest BCUT2D eigenvalue weighted by Gasteiger charge is 1.89. The molecule has 0 aromatic heterocycles. The minimum absolute atomic E-state index is 0. The number of rotatable bonds is 7. The first-order chi connectivity index (χ1) is 6.63. The number of guanidine groups is 1. The smallest absolute Gasteiger partial charge is 0.241 e. The van der Waals surface area contributed by atoms with Crippen LogP contribution in [0.1, 0.15) is 25.7 Å². The molecule has 6 N–H and O–H groups in total. The Hall–Kier alpha value is -1.23. The summed E-state index contributed by atoms with van der Waals surface area (Å²) in [6.45, 7) is 0.731. The normalized spacial score (nSPS) is 9.60. The van der Waals surface area contributed by atoms with Crippen LogP contribution in [-0.4, -0.2) is 18.4 Å². The van der Waals surface area contributed by atoms with Gasteiger partial charge in [0.2, 0.25) is 5.91 Å². The van der Waals surface area contributed by atoms with Gasteiger partial charge in [-0.2, -0.15) is 0 Å². The molecular weight excluding hydrogens is 216 g/mol. The number of carbonyl (C=O) groups excluding carboxylic acids is 1. The Morgan fingerprint density at radius 3 is 2.47 bits per heavy atom. The molecule has 0 aliphatic carbocycles. The number of nitrogens with two attached hydrogens (primary N) is 2. The van der Waals surface area contributed by atoms with Crippen LogP contribution in [0.5, 0.6) is 0 Å². The molecule has 0 atom stereocenters. The van der Waals surface area contributed by atoms with E-state index in [-0.39, 0.29) is 18.4 Å². The van der Waals surface area contributed by atoms with Gasteiger partial charge in [0.1, 0.15) is 0 Å². The van der Waals surface area contributed by atoms with E-state index in [1.807, 2.05) is 0 Å². The van der Waals surface area contributed by atoms with Gasteiger partial charge >= 0.3 is 0 Å². The van der Waals surface area contributed by atoms with Crippen molar-refractivity contribution in [2.45, 2.75) is 25.7 Å². The average molecular weight is 235 g/mol. The maximum atomic E-state index is 10.3. The lowest BCUT2D eigenvalue weighted by Crippen LogP contribution is -2.30. The van der Waals surface area contributed by atoms with Gasteiger partial charge < -0.3 is 16.8 Å². The minimum Gasteiger partial charge on any atom is -0.370 e. The Balaban J connectivity index is 0. The average Bonchev–Trinajstić information content (AvgIpc) is 2.08. The van der Waals surface area contributed by atoms with Gasteiger partial charge in [0.15, 0.2) is 5.96 Å². The van der Waals surface area contributed by atoms with Crippen molar-refractivity contribution in [3.8, 4) is 0 Å². The summed E-state index contributed by atoms with van der Waals surface area (Å²) in [4.78, 5) is 10.3. The van der Waals surface area contributed by atoms with Crippen LogP contribution in [0.4, 0.5) is 0 Å². The fraction of sp³-hybridized carbons (Fsp3) is 0.556. The van der Waals surface area contributed by atoms with E-state index in [1.165, 1.54) is 6.08 Å². The molecule has 0 spiro atoms. The predicted octanol–water partition coefficient (Wildman–Crippen LogP) is 0.493. The summed E-state index contributed by atoms with van der Waals surface area (Å²) >= 11 is 0. The van der Waals surface area contributed by atoms with E-state index in [2.05, 4.69) is 5.32 Å². The van der Waals surface area contributed by atoms with Crippen LogP contribution in [0.3, 0.4) is 0 Å². The Labute approximate surface area is 96.2 Å². The van der Waals surface area contributed by atoms with Crippen LogP contribution in [0.15, 0.2) is 12.2 Å². The summed E-state index contributed by atoms with van der Waals surface area (Å²) in [7, 11) is 0. The van der Waals surface area contributed by atoms with E-state index < -0.39 is 5.91 Å². The van der Waals surface area contributed by atoms with Gasteiger partial charge in [-0.25, -0.2) is 0 Å². The first-order valence-corrected chi connectivity index (χ1v) is 4.67. The Morgan fingerprint density at radius 1 is 1.27 bits per heavy atom. The van der Waals surface area contributed by atoms with Gasteiger partial charge in [-0.3, -0.25) is 10.2 Å². The molecule has 0 aromatic rings. The maximum absolute atomic E-state index is 10.3. The maximum Gasteiger partial charge on any atom is 0.241 e. The third-order valence-electron chi connectivity index (χ3n) is 1.65. The number of hydrogen-bond donors (Lipinski definition) is 4. The zero-order valence-corrected chi connectivity index (χ0v) is 9.48. The largest absolute Gasteiger partial charge is 0.370 e. The first-order valence-electron chi connectivity index (χ1n) is 4.67. The standard InChI is InChI=1S/C9H18N4O.ClH/c10-8(14)6-4-2-1-3-5-7-13-9(11)12;/h4,6H,1-3,5,7H2,(H2,10,14)(H4,11,12,13);1H/b6-4+;. The summed E-state index contributed by atoms with van der Waals surface area (Å²) in [6.07, 6.45) is 7.06. The van der Waals surface area contributed by atoms with Gasteiger partial charge in [-0.05, 0) is 25.3 Å². The Bertz CT molecular complexity index is 218. The second-order valence-electron chi connectivity index (χ2n) is 2.99. The summed E-state index contributed by atoms with van der Waals surface area (Å²) in [5, 5.41) is 9.62. The van der Waals surface area contributed by atoms with Crippen molar-refractivity contribution in [3.05, 3.63) is 12.2 Å². The van der Waals surface area contributed by atoms with Crippen molar-refractivity contribution >= 4 is 24.3 Å². The van der Waals surface area contributed by atoms with Crippen molar-refractivity contribution in [1.82, 2.24) is 5.32 Å². The van der Waals surface area contributed by atoms with Crippen LogP contribution >= 0.6 is 12.4 Å².